The first kappa shape index (κ1) is 29.8. The standard InChI is InChI=1S/C30H37N7O3S/c1-21-18-22(2)32-28(31-21)34-29(35-30(41)33-24-19-25(38-3)27(40-5)26(20-24)39-4)37-16-14-36(15-17-37)13-9-12-23-10-7-6-8-11-23/h6-12,18-20H,13-17H2,1-5H3,(H2,31,32,33,34,35,41)/b12-9+. The number of piperazine rings is 1. The van der Waals surface area contributed by atoms with Gasteiger partial charge >= 0.3 is 0 Å². The highest BCUT2D eigenvalue weighted by Crippen LogP contribution is 2.40. The lowest BCUT2D eigenvalue weighted by atomic mass is 10.2. The van der Waals surface area contributed by atoms with Crippen LogP contribution in [0.2, 0.25) is 0 Å². The van der Waals surface area contributed by atoms with Crippen molar-refractivity contribution in [2.45, 2.75) is 13.8 Å². The van der Waals surface area contributed by atoms with Crippen LogP contribution in [0.25, 0.3) is 6.08 Å². The number of methoxy groups -OCH3 is 3. The minimum atomic E-state index is 0.263. The molecule has 1 aliphatic rings. The van der Waals surface area contributed by atoms with Crippen LogP contribution in [-0.4, -0.2) is 84.9 Å². The average Bonchev–Trinajstić information content (AvgIpc) is 2.96. The van der Waals surface area contributed by atoms with E-state index < -0.39 is 0 Å². The number of ether oxygens (including phenoxy) is 3. The van der Waals surface area contributed by atoms with Crippen molar-refractivity contribution in [3.8, 4) is 17.2 Å². The van der Waals surface area contributed by atoms with Crippen molar-refractivity contribution in [3.05, 3.63) is 71.6 Å². The Bertz CT molecular complexity index is 1340. The first-order chi connectivity index (χ1) is 19.9. The van der Waals surface area contributed by atoms with Gasteiger partial charge in [-0.05, 0) is 37.7 Å². The maximum atomic E-state index is 5.66. The molecule has 11 heteroatoms. The molecule has 0 spiro atoms. The summed E-state index contributed by atoms with van der Waals surface area (Å²) in [6.07, 6.45) is 4.36. The summed E-state index contributed by atoms with van der Waals surface area (Å²) in [5, 5.41) is 6.75. The van der Waals surface area contributed by atoms with E-state index in [-0.39, 0.29) is 5.11 Å². The molecular formula is C30H37N7O3S. The predicted octanol–water partition coefficient (Wildman–Crippen LogP) is 4.62. The second kappa shape index (κ2) is 14.4. The molecule has 2 N–H and O–H groups in total. The summed E-state index contributed by atoms with van der Waals surface area (Å²) >= 11 is 5.66. The summed E-state index contributed by atoms with van der Waals surface area (Å²) in [6, 6.07) is 15.8. The molecule has 1 saturated heterocycles. The van der Waals surface area contributed by atoms with Crippen LogP contribution in [0.3, 0.4) is 0 Å². The van der Waals surface area contributed by atoms with Crippen LogP contribution in [0.5, 0.6) is 17.2 Å². The summed E-state index contributed by atoms with van der Waals surface area (Å²) in [7, 11) is 4.70. The molecule has 216 valence electrons. The van der Waals surface area contributed by atoms with Gasteiger partial charge in [-0.15, -0.1) is 0 Å². The molecule has 0 saturated carbocycles. The highest BCUT2D eigenvalue weighted by Gasteiger charge is 2.21. The number of guanidine groups is 1. The van der Waals surface area contributed by atoms with Gasteiger partial charge in [-0.3, -0.25) is 10.2 Å². The second-order valence-corrected chi connectivity index (χ2v) is 9.87. The van der Waals surface area contributed by atoms with E-state index in [2.05, 4.69) is 54.7 Å². The fourth-order valence-corrected chi connectivity index (χ4v) is 4.71. The smallest absolute Gasteiger partial charge is 0.229 e. The number of hydrogen-bond acceptors (Lipinski definition) is 7. The van der Waals surface area contributed by atoms with E-state index in [1.54, 1.807) is 33.5 Å². The molecule has 2 heterocycles. The Morgan fingerprint density at radius 1 is 0.902 bits per heavy atom. The number of aryl methyl sites for hydroxylation is 2. The summed E-state index contributed by atoms with van der Waals surface area (Å²) in [6.45, 7) is 8.04. The van der Waals surface area contributed by atoms with Crippen LogP contribution < -0.4 is 24.8 Å². The van der Waals surface area contributed by atoms with Gasteiger partial charge in [0.1, 0.15) is 0 Å². The van der Waals surface area contributed by atoms with E-state index in [9.17, 15) is 0 Å². The van der Waals surface area contributed by atoms with Gasteiger partial charge in [-0.2, -0.15) is 4.99 Å². The number of hydrogen-bond donors (Lipinski definition) is 2. The number of anilines is 2. The van der Waals surface area contributed by atoms with Crippen molar-refractivity contribution in [3.63, 3.8) is 0 Å². The maximum absolute atomic E-state index is 5.66. The molecule has 0 amide bonds. The van der Waals surface area contributed by atoms with Gasteiger partial charge in [0.25, 0.3) is 0 Å². The maximum Gasteiger partial charge on any atom is 0.229 e. The van der Waals surface area contributed by atoms with Crippen LogP contribution >= 0.6 is 12.2 Å². The SMILES string of the molecule is COc1cc(NC(=S)/N=C(/Nc2nc(C)cc(C)n2)N2CCN(C/C=C/c3ccccc3)CC2)cc(OC)c1OC. The van der Waals surface area contributed by atoms with Gasteiger partial charge in [0, 0.05) is 61.9 Å². The molecule has 4 rings (SSSR count). The number of aromatic nitrogens is 2. The minimum absolute atomic E-state index is 0.263. The Kier molecular flexibility index (Phi) is 10.5. The molecule has 0 atom stereocenters. The van der Waals surface area contributed by atoms with Crippen molar-refractivity contribution >= 4 is 41.0 Å². The Morgan fingerprint density at radius 2 is 1.54 bits per heavy atom. The molecule has 1 aliphatic heterocycles. The molecular weight excluding hydrogens is 538 g/mol. The van der Waals surface area contributed by atoms with Crippen molar-refractivity contribution in [1.29, 1.82) is 0 Å². The number of aliphatic imine (C=N–C) groups is 1. The van der Waals surface area contributed by atoms with E-state index in [0.29, 0.717) is 34.8 Å². The molecule has 41 heavy (non-hydrogen) atoms. The lowest BCUT2D eigenvalue weighted by molar-refractivity contribution is 0.198. The normalized spacial score (nSPS) is 14.2. The van der Waals surface area contributed by atoms with E-state index in [0.717, 1.165) is 44.1 Å². The van der Waals surface area contributed by atoms with Crippen LogP contribution in [0.4, 0.5) is 11.6 Å². The van der Waals surface area contributed by atoms with Crippen LogP contribution in [0.1, 0.15) is 17.0 Å². The molecule has 10 nitrogen and oxygen atoms in total. The lowest BCUT2D eigenvalue weighted by Gasteiger charge is -2.35. The Morgan fingerprint density at radius 3 is 2.12 bits per heavy atom. The quantitative estimate of drug-likeness (QED) is 0.225. The molecule has 0 bridgehead atoms. The number of thiocarbonyl (C=S) groups is 1. The zero-order valence-electron chi connectivity index (χ0n) is 24.2. The van der Waals surface area contributed by atoms with Gasteiger partial charge < -0.3 is 24.4 Å². The summed E-state index contributed by atoms with van der Waals surface area (Å²) < 4.78 is 16.4. The molecule has 0 radical (unpaired) electrons. The lowest BCUT2D eigenvalue weighted by Crippen LogP contribution is -2.51. The van der Waals surface area contributed by atoms with Gasteiger partial charge in [-0.25, -0.2) is 9.97 Å². The summed E-state index contributed by atoms with van der Waals surface area (Å²) in [5.74, 6) is 2.59. The number of benzene rings is 2. The Balaban J connectivity index is 1.49. The van der Waals surface area contributed by atoms with Gasteiger partial charge in [0.05, 0.1) is 21.3 Å². The largest absolute Gasteiger partial charge is 0.493 e. The van der Waals surface area contributed by atoms with E-state index >= 15 is 0 Å². The topological polar surface area (TPSA) is 96.4 Å². The third-order valence-corrected chi connectivity index (χ3v) is 6.67. The van der Waals surface area contributed by atoms with E-state index in [1.165, 1.54) is 5.56 Å². The molecule has 2 aromatic carbocycles. The third kappa shape index (κ3) is 8.38. The van der Waals surface area contributed by atoms with Crippen molar-refractivity contribution < 1.29 is 14.2 Å². The van der Waals surface area contributed by atoms with Gasteiger partial charge in [-0.1, -0.05) is 42.5 Å². The zero-order valence-corrected chi connectivity index (χ0v) is 25.0. The fraction of sp³-hybridized carbons (Fsp3) is 0.333. The van der Waals surface area contributed by atoms with Crippen LogP contribution in [0, 0.1) is 13.8 Å². The van der Waals surface area contributed by atoms with Crippen molar-refractivity contribution in [2.24, 2.45) is 4.99 Å². The minimum Gasteiger partial charge on any atom is -0.493 e. The number of rotatable bonds is 8. The van der Waals surface area contributed by atoms with Crippen LogP contribution in [0.15, 0.2) is 59.6 Å². The molecule has 3 aromatic rings. The van der Waals surface area contributed by atoms with E-state index in [1.807, 2.05) is 38.1 Å². The van der Waals surface area contributed by atoms with Crippen LogP contribution in [-0.2, 0) is 0 Å². The predicted molar refractivity (Wildman–Crippen MR) is 168 cm³/mol. The number of nitrogens with one attached hydrogen (secondary N) is 2. The highest BCUT2D eigenvalue weighted by molar-refractivity contribution is 7.80. The highest BCUT2D eigenvalue weighted by atomic mass is 32.1. The van der Waals surface area contributed by atoms with Gasteiger partial charge in [0.2, 0.25) is 22.8 Å². The first-order valence-corrected chi connectivity index (χ1v) is 13.8. The molecule has 0 unspecified atom stereocenters. The van der Waals surface area contributed by atoms with Crippen molar-refractivity contribution in [1.82, 2.24) is 19.8 Å². The Hall–Kier alpha value is -4.22. The number of nitrogens with zero attached hydrogens (tertiary/aromatic N) is 5. The second-order valence-electron chi connectivity index (χ2n) is 9.48. The molecule has 0 aliphatic carbocycles. The fourth-order valence-electron chi connectivity index (χ4n) is 4.50. The molecule has 1 fully saturated rings. The zero-order chi connectivity index (χ0) is 29.2. The Labute approximate surface area is 247 Å². The van der Waals surface area contributed by atoms with Crippen molar-refractivity contribution in [2.75, 3.05) is 64.7 Å². The monoisotopic (exact) mass is 575 g/mol. The molecule has 1 aromatic heterocycles. The first-order valence-electron chi connectivity index (χ1n) is 13.4. The van der Waals surface area contributed by atoms with E-state index in [4.69, 9.17) is 31.4 Å². The summed E-state index contributed by atoms with van der Waals surface area (Å²) in [4.78, 5) is 18.4. The average molecular weight is 576 g/mol. The summed E-state index contributed by atoms with van der Waals surface area (Å²) in [5.41, 5.74) is 3.59. The van der Waals surface area contributed by atoms with Gasteiger partial charge in [0.15, 0.2) is 11.5 Å². The third-order valence-electron chi connectivity index (χ3n) is 6.47.